The van der Waals surface area contributed by atoms with Crippen molar-refractivity contribution in [3.05, 3.63) is 11.6 Å². The summed E-state index contributed by atoms with van der Waals surface area (Å²) in [5, 5.41) is 0. The van der Waals surface area contributed by atoms with Gasteiger partial charge < -0.3 is 4.79 Å². The van der Waals surface area contributed by atoms with Gasteiger partial charge in [-0.05, 0) is 60.3 Å². The van der Waals surface area contributed by atoms with Crippen molar-refractivity contribution < 1.29 is 4.79 Å². The average molecular weight is 387 g/mol. The van der Waals surface area contributed by atoms with E-state index >= 15 is 0 Å². The maximum atomic E-state index is 10.8. The molecule has 8 atom stereocenters. The Bertz CT molecular complexity index is 409. The third-order valence-corrected chi connectivity index (χ3v) is 9.76. The van der Waals surface area contributed by atoms with Crippen LogP contribution in [0.4, 0.5) is 0 Å². The van der Waals surface area contributed by atoms with Crippen molar-refractivity contribution in [1.29, 1.82) is 0 Å². The second-order valence-corrected chi connectivity index (χ2v) is 10.6. The van der Waals surface area contributed by atoms with E-state index in [-0.39, 0.29) is 0 Å². The molecule has 0 aliphatic rings. The number of halogens is 1. The van der Waals surface area contributed by atoms with Crippen LogP contribution in [0.5, 0.6) is 0 Å². The summed E-state index contributed by atoms with van der Waals surface area (Å²) < 4.78 is 0. The van der Waals surface area contributed by atoms with Crippen molar-refractivity contribution in [1.82, 2.24) is 0 Å². The number of aldehydes is 1. The molecule has 3 heteroatoms. The average Bonchev–Trinajstić information content (AvgIpc) is 2.57. The number of hydrogen-bond acceptors (Lipinski definition) is 1. The third kappa shape index (κ3) is 8.43. The van der Waals surface area contributed by atoms with Gasteiger partial charge in [-0.2, -0.15) is 0 Å². The molecule has 0 aromatic heterocycles. The monoisotopic (exact) mass is 386 g/mol. The molecule has 0 N–H and O–H groups in total. The molecule has 0 spiro atoms. The van der Waals surface area contributed by atoms with E-state index in [4.69, 9.17) is 11.6 Å². The van der Waals surface area contributed by atoms with Crippen LogP contribution in [0.2, 0.25) is 5.54 Å². The van der Waals surface area contributed by atoms with Gasteiger partial charge in [0.25, 0.3) is 0 Å². The van der Waals surface area contributed by atoms with Crippen molar-refractivity contribution in [2.75, 3.05) is 5.88 Å². The van der Waals surface area contributed by atoms with Crippen LogP contribution < -0.4 is 0 Å². The zero-order valence-electron chi connectivity index (χ0n) is 18.2. The van der Waals surface area contributed by atoms with Gasteiger partial charge in [-0.1, -0.05) is 60.1 Å². The highest BCUT2D eigenvalue weighted by atomic mass is 35.5. The Morgan fingerprint density at radius 1 is 0.920 bits per heavy atom. The summed E-state index contributed by atoms with van der Waals surface area (Å²) in [5.74, 6) is 5.10. The minimum atomic E-state index is 0.454. The molecule has 0 bridgehead atoms. The lowest BCUT2D eigenvalue weighted by molar-refractivity contribution is -0.108. The number of carbonyl (C=O) groups excluding carboxylic acids is 1. The van der Waals surface area contributed by atoms with E-state index in [1.54, 1.807) is 0 Å². The van der Waals surface area contributed by atoms with Gasteiger partial charge in [0.2, 0.25) is 0 Å². The first kappa shape index (κ1) is 24.9. The molecule has 0 rings (SSSR count). The maximum Gasteiger partial charge on any atom is 0.120 e. The lowest BCUT2D eigenvalue weighted by Crippen LogP contribution is -2.25. The second kappa shape index (κ2) is 12.3. The van der Waals surface area contributed by atoms with E-state index in [0.717, 1.165) is 29.5 Å². The van der Waals surface area contributed by atoms with Crippen LogP contribution in [-0.4, -0.2) is 22.4 Å². The minimum Gasteiger partial charge on any atom is -0.303 e. The number of rotatable bonds is 12. The van der Waals surface area contributed by atoms with Crippen LogP contribution in [0.15, 0.2) is 11.6 Å². The van der Waals surface area contributed by atoms with Gasteiger partial charge in [0.15, 0.2) is 0 Å². The first-order valence-corrected chi connectivity index (χ1v) is 11.9. The predicted molar refractivity (Wildman–Crippen MR) is 118 cm³/mol. The van der Waals surface area contributed by atoms with Crippen molar-refractivity contribution in [3.8, 4) is 0 Å². The number of carbonyl (C=O) groups is 1. The first-order valence-electron chi connectivity index (χ1n) is 10.2. The highest BCUT2D eigenvalue weighted by Crippen LogP contribution is 2.36. The van der Waals surface area contributed by atoms with Crippen LogP contribution in [0.3, 0.4) is 0 Å². The Morgan fingerprint density at radius 2 is 1.48 bits per heavy atom. The molecule has 0 fully saturated rings. The SMILES string of the molecule is C/C(=C/C(C)C(C)[C@@H](C)CC=O)CC(C)C(C)C(C)C([SiH3])[C@@H](C)CCl. The summed E-state index contributed by atoms with van der Waals surface area (Å²) in [7, 11) is 1.23. The van der Waals surface area contributed by atoms with Gasteiger partial charge in [-0.25, -0.2) is 0 Å². The molecule has 25 heavy (non-hydrogen) atoms. The van der Waals surface area contributed by atoms with Gasteiger partial charge in [0.05, 0.1) is 0 Å². The predicted octanol–water partition coefficient (Wildman–Crippen LogP) is 5.76. The summed E-state index contributed by atoms with van der Waals surface area (Å²) in [6, 6.07) is 0. The van der Waals surface area contributed by atoms with Gasteiger partial charge in [0.1, 0.15) is 6.29 Å². The van der Waals surface area contributed by atoms with E-state index in [2.05, 4.69) is 61.5 Å². The smallest absolute Gasteiger partial charge is 0.120 e. The van der Waals surface area contributed by atoms with E-state index in [1.807, 2.05) is 0 Å². The highest BCUT2D eigenvalue weighted by molar-refractivity contribution is 6.19. The van der Waals surface area contributed by atoms with E-state index in [0.29, 0.717) is 36.0 Å². The standard InChI is InChI=1S/C22H43ClOSi/c1-14(11-16(3)19(6)15(2)9-10-24)12-17(4)20(7)21(8)22(25)18(5)13-23/h10-11,15-22H,9,12-13H2,1-8,25H3/b14-11-/t15-,16?,17?,18-,19?,20?,21?,22?/m0/s1. The van der Waals surface area contributed by atoms with Crippen molar-refractivity contribution in [2.24, 2.45) is 41.4 Å². The molecule has 0 heterocycles. The molecule has 0 amide bonds. The van der Waals surface area contributed by atoms with Gasteiger partial charge >= 0.3 is 0 Å². The van der Waals surface area contributed by atoms with Crippen LogP contribution in [0.1, 0.15) is 68.2 Å². The molecule has 0 aliphatic carbocycles. The normalized spacial score (nSPS) is 22.5. The number of hydrogen-bond donors (Lipinski definition) is 0. The fourth-order valence-corrected chi connectivity index (χ4v) is 5.33. The molecule has 1 nitrogen and oxygen atoms in total. The Hall–Kier alpha value is -0.0831. The molecule has 6 unspecified atom stereocenters. The Labute approximate surface area is 165 Å². The molecule has 0 saturated heterocycles. The van der Waals surface area contributed by atoms with E-state index < -0.39 is 0 Å². The van der Waals surface area contributed by atoms with Gasteiger partial charge in [-0.15, -0.1) is 11.6 Å². The molecule has 0 radical (unpaired) electrons. The number of alkyl halides is 1. The fraction of sp³-hybridized carbons (Fsp3) is 0.864. The fourth-order valence-electron chi connectivity index (χ4n) is 3.90. The Kier molecular flexibility index (Phi) is 12.3. The zero-order chi connectivity index (χ0) is 19.7. The van der Waals surface area contributed by atoms with Crippen molar-refractivity contribution in [3.63, 3.8) is 0 Å². The molecule has 0 aliphatic heterocycles. The molecule has 0 aromatic rings. The molecule has 148 valence electrons. The summed E-state index contributed by atoms with van der Waals surface area (Å²) in [6.07, 6.45) is 5.35. The lowest BCUT2D eigenvalue weighted by Gasteiger charge is -2.33. The summed E-state index contributed by atoms with van der Waals surface area (Å²) >= 11 is 6.09. The van der Waals surface area contributed by atoms with Gasteiger partial charge in [0, 0.05) is 22.5 Å². The largest absolute Gasteiger partial charge is 0.303 e. The zero-order valence-corrected chi connectivity index (χ0v) is 20.9. The van der Waals surface area contributed by atoms with Crippen LogP contribution in [0.25, 0.3) is 0 Å². The van der Waals surface area contributed by atoms with Crippen LogP contribution in [0, 0.1) is 41.4 Å². The molecular weight excluding hydrogens is 344 g/mol. The topological polar surface area (TPSA) is 17.1 Å². The molecule has 0 saturated carbocycles. The maximum absolute atomic E-state index is 10.8. The minimum absolute atomic E-state index is 0.454. The Balaban J connectivity index is 4.75. The van der Waals surface area contributed by atoms with E-state index in [1.165, 1.54) is 22.2 Å². The van der Waals surface area contributed by atoms with Crippen molar-refractivity contribution in [2.45, 2.75) is 73.8 Å². The van der Waals surface area contributed by atoms with Crippen LogP contribution in [-0.2, 0) is 4.79 Å². The van der Waals surface area contributed by atoms with Crippen molar-refractivity contribution >= 4 is 28.1 Å². The van der Waals surface area contributed by atoms with Crippen LogP contribution >= 0.6 is 11.6 Å². The van der Waals surface area contributed by atoms with Gasteiger partial charge in [-0.3, -0.25) is 0 Å². The first-order chi connectivity index (χ1) is 11.6. The summed E-state index contributed by atoms with van der Waals surface area (Å²) in [4.78, 5) is 10.8. The highest BCUT2D eigenvalue weighted by Gasteiger charge is 2.27. The summed E-state index contributed by atoms with van der Waals surface area (Å²) in [5.41, 5.74) is 2.29. The third-order valence-electron chi connectivity index (χ3n) is 7.08. The lowest BCUT2D eigenvalue weighted by atomic mass is 9.77. The number of allylic oxidation sites excluding steroid dienone is 2. The van der Waals surface area contributed by atoms with E-state index in [9.17, 15) is 4.79 Å². The summed E-state index contributed by atoms with van der Waals surface area (Å²) in [6.45, 7) is 18.6. The quantitative estimate of drug-likeness (QED) is 0.180. The second-order valence-electron chi connectivity index (χ2n) is 9.00. The molecule has 0 aromatic carbocycles. The Morgan fingerprint density at radius 3 is 1.96 bits per heavy atom. The molecular formula is C22H43ClOSi.